The van der Waals surface area contributed by atoms with E-state index in [0.29, 0.717) is 35.5 Å². The summed E-state index contributed by atoms with van der Waals surface area (Å²) >= 11 is 12.5. The average molecular weight is 406 g/mol. The standard InChI is InChI=1S/C20H18Cl2FN3O/c1-26-9-6-12-2-3-13(10-14(12)19(26)27)25-20(7-8-24-11-20)17-16(23)5-4-15(21)18(17)22/h2-6,9-10,24-25H,7-8,11H2,1H3/t20-/m1/s1. The third-order valence-electron chi connectivity index (χ3n) is 5.14. The minimum Gasteiger partial charge on any atom is -0.374 e. The number of hydrogen-bond donors (Lipinski definition) is 2. The molecule has 27 heavy (non-hydrogen) atoms. The second kappa shape index (κ2) is 6.82. The number of rotatable bonds is 3. The highest BCUT2D eigenvalue weighted by atomic mass is 35.5. The predicted octanol–water partition coefficient (Wildman–Crippen LogP) is 4.29. The van der Waals surface area contributed by atoms with Gasteiger partial charge in [-0.25, -0.2) is 4.39 Å². The molecule has 2 heterocycles. The van der Waals surface area contributed by atoms with Gasteiger partial charge in [0, 0.05) is 36.4 Å². The summed E-state index contributed by atoms with van der Waals surface area (Å²) in [5.41, 5.74) is 0.245. The highest BCUT2D eigenvalue weighted by Gasteiger charge is 2.40. The van der Waals surface area contributed by atoms with Crippen molar-refractivity contribution in [3.05, 3.63) is 74.4 Å². The molecular formula is C20H18Cl2FN3O. The number of benzene rings is 2. The van der Waals surface area contributed by atoms with Crippen LogP contribution in [-0.2, 0) is 12.6 Å². The molecular weight excluding hydrogens is 388 g/mol. The lowest BCUT2D eigenvalue weighted by molar-refractivity contribution is 0.496. The highest BCUT2D eigenvalue weighted by Crippen LogP contribution is 2.41. The van der Waals surface area contributed by atoms with Crippen LogP contribution in [0.1, 0.15) is 12.0 Å². The lowest BCUT2D eigenvalue weighted by atomic mass is 9.87. The Kier molecular flexibility index (Phi) is 4.62. The van der Waals surface area contributed by atoms with Crippen molar-refractivity contribution in [1.29, 1.82) is 0 Å². The number of fused-ring (bicyclic) bond motifs is 1. The van der Waals surface area contributed by atoms with Gasteiger partial charge in [0.05, 0.1) is 15.6 Å². The molecule has 2 aromatic carbocycles. The van der Waals surface area contributed by atoms with E-state index in [2.05, 4.69) is 10.6 Å². The van der Waals surface area contributed by atoms with Crippen LogP contribution >= 0.6 is 23.2 Å². The number of pyridine rings is 1. The first-order chi connectivity index (χ1) is 12.9. The normalized spacial score (nSPS) is 19.6. The molecule has 0 unspecified atom stereocenters. The SMILES string of the molecule is Cn1ccc2ccc(N[C@]3(c4c(F)ccc(Cl)c4Cl)CCNC3)cc2c1=O. The molecule has 2 N–H and O–H groups in total. The fraction of sp³-hybridized carbons (Fsp3) is 0.250. The zero-order valence-corrected chi connectivity index (χ0v) is 16.2. The zero-order valence-electron chi connectivity index (χ0n) is 14.7. The van der Waals surface area contributed by atoms with Crippen LogP contribution in [0, 0.1) is 5.82 Å². The molecule has 1 fully saturated rings. The number of nitrogens with zero attached hydrogens (tertiary/aromatic N) is 1. The van der Waals surface area contributed by atoms with E-state index in [1.165, 1.54) is 16.7 Å². The quantitative estimate of drug-likeness (QED) is 0.639. The summed E-state index contributed by atoms with van der Waals surface area (Å²) in [6.07, 6.45) is 2.37. The van der Waals surface area contributed by atoms with Crippen molar-refractivity contribution in [3.8, 4) is 0 Å². The van der Waals surface area contributed by atoms with E-state index in [4.69, 9.17) is 23.2 Å². The Balaban J connectivity index is 1.84. The van der Waals surface area contributed by atoms with Crippen molar-refractivity contribution in [3.63, 3.8) is 0 Å². The molecule has 140 valence electrons. The van der Waals surface area contributed by atoms with Crippen molar-refractivity contribution in [2.45, 2.75) is 12.0 Å². The van der Waals surface area contributed by atoms with E-state index in [1.54, 1.807) is 19.3 Å². The summed E-state index contributed by atoms with van der Waals surface area (Å²) in [5, 5.41) is 8.67. The van der Waals surface area contributed by atoms with E-state index < -0.39 is 11.4 Å². The molecule has 4 rings (SSSR count). The number of nitrogens with one attached hydrogen (secondary N) is 2. The molecule has 0 aliphatic carbocycles. The maximum atomic E-state index is 14.7. The van der Waals surface area contributed by atoms with Gasteiger partial charge in [0.15, 0.2) is 0 Å². The largest absolute Gasteiger partial charge is 0.374 e. The molecule has 1 saturated heterocycles. The Morgan fingerprint density at radius 2 is 2.04 bits per heavy atom. The van der Waals surface area contributed by atoms with Crippen LogP contribution in [0.5, 0.6) is 0 Å². The maximum absolute atomic E-state index is 14.7. The van der Waals surface area contributed by atoms with E-state index in [0.717, 1.165) is 11.1 Å². The molecule has 1 aromatic heterocycles. The molecule has 0 radical (unpaired) electrons. The van der Waals surface area contributed by atoms with Gasteiger partial charge in [-0.3, -0.25) is 4.79 Å². The first kappa shape index (κ1) is 18.3. The lowest BCUT2D eigenvalue weighted by Gasteiger charge is -2.33. The number of aryl methyl sites for hydroxylation is 1. The van der Waals surface area contributed by atoms with Gasteiger partial charge in [-0.2, -0.15) is 0 Å². The van der Waals surface area contributed by atoms with Gasteiger partial charge >= 0.3 is 0 Å². The van der Waals surface area contributed by atoms with E-state index in [-0.39, 0.29) is 10.6 Å². The van der Waals surface area contributed by atoms with Crippen LogP contribution < -0.4 is 16.2 Å². The van der Waals surface area contributed by atoms with Gasteiger partial charge in [0.1, 0.15) is 5.82 Å². The molecule has 1 atom stereocenters. The van der Waals surface area contributed by atoms with Crippen molar-refractivity contribution in [1.82, 2.24) is 9.88 Å². The summed E-state index contributed by atoms with van der Waals surface area (Å²) in [5.74, 6) is -0.405. The lowest BCUT2D eigenvalue weighted by Crippen LogP contribution is -2.39. The fourth-order valence-corrected chi connectivity index (χ4v) is 4.22. The number of aromatic nitrogens is 1. The first-order valence-electron chi connectivity index (χ1n) is 8.64. The van der Waals surface area contributed by atoms with Crippen LogP contribution in [0.2, 0.25) is 10.0 Å². The van der Waals surface area contributed by atoms with E-state index in [1.807, 2.05) is 18.2 Å². The van der Waals surface area contributed by atoms with Crippen LogP contribution in [0.15, 0.2) is 47.4 Å². The maximum Gasteiger partial charge on any atom is 0.258 e. The average Bonchev–Trinajstić information content (AvgIpc) is 3.11. The molecule has 0 spiro atoms. The summed E-state index contributed by atoms with van der Waals surface area (Å²) < 4.78 is 16.3. The van der Waals surface area contributed by atoms with Crippen LogP contribution in [0.25, 0.3) is 10.8 Å². The second-order valence-electron chi connectivity index (χ2n) is 6.89. The number of anilines is 1. The molecule has 0 amide bonds. The van der Waals surface area contributed by atoms with Crippen molar-refractivity contribution < 1.29 is 4.39 Å². The molecule has 4 nitrogen and oxygen atoms in total. The Morgan fingerprint density at radius 1 is 1.22 bits per heavy atom. The molecule has 1 aliphatic rings. The molecule has 0 bridgehead atoms. The highest BCUT2D eigenvalue weighted by molar-refractivity contribution is 6.42. The summed E-state index contributed by atoms with van der Waals surface area (Å²) in [4.78, 5) is 12.4. The van der Waals surface area contributed by atoms with E-state index >= 15 is 0 Å². The van der Waals surface area contributed by atoms with Crippen LogP contribution in [0.4, 0.5) is 10.1 Å². The number of halogens is 3. The Bertz CT molecular complexity index is 1090. The topological polar surface area (TPSA) is 46.1 Å². The molecule has 0 saturated carbocycles. The van der Waals surface area contributed by atoms with Crippen LogP contribution in [-0.4, -0.2) is 17.7 Å². The third-order valence-corrected chi connectivity index (χ3v) is 5.95. The van der Waals surface area contributed by atoms with Gasteiger partial charge in [-0.05, 0) is 48.7 Å². The number of hydrogen-bond acceptors (Lipinski definition) is 3. The van der Waals surface area contributed by atoms with Gasteiger partial charge in [-0.1, -0.05) is 29.3 Å². The predicted molar refractivity (Wildman–Crippen MR) is 108 cm³/mol. The monoisotopic (exact) mass is 405 g/mol. The van der Waals surface area contributed by atoms with Crippen LogP contribution in [0.3, 0.4) is 0 Å². The second-order valence-corrected chi connectivity index (χ2v) is 7.67. The van der Waals surface area contributed by atoms with Gasteiger partial charge in [-0.15, -0.1) is 0 Å². The summed E-state index contributed by atoms with van der Waals surface area (Å²) in [7, 11) is 1.71. The molecule has 1 aliphatic heterocycles. The Hall–Kier alpha value is -2.08. The van der Waals surface area contributed by atoms with Crippen molar-refractivity contribution in [2.24, 2.45) is 7.05 Å². The Labute approximate surface area is 165 Å². The van der Waals surface area contributed by atoms with E-state index in [9.17, 15) is 9.18 Å². The fourth-order valence-electron chi connectivity index (χ4n) is 3.73. The minimum atomic E-state index is -0.750. The first-order valence-corrected chi connectivity index (χ1v) is 9.39. The smallest absolute Gasteiger partial charge is 0.258 e. The van der Waals surface area contributed by atoms with Crippen molar-refractivity contribution >= 4 is 39.7 Å². The zero-order chi connectivity index (χ0) is 19.2. The van der Waals surface area contributed by atoms with Gasteiger partial charge in [0.2, 0.25) is 0 Å². The van der Waals surface area contributed by atoms with Gasteiger partial charge < -0.3 is 15.2 Å². The Morgan fingerprint density at radius 3 is 2.78 bits per heavy atom. The summed E-state index contributed by atoms with van der Waals surface area (Å²) in [6, 6.07) is 10.2. The third kappa shape index (κ3) is 3.10. The van der Waals surface area contributed by atoms with Gasteiger partial charge in [0.25, 0.3) is 5.56 Å². The molecule has 3 aromatic rings. The summed E-state index contributed by atoms with van der Waals surface area (Å²) in [6.45, 7) is 1.21. The van der Waals surface area contributed by atoms with Crippen molar-refractivity contribution in [2.75, 3.05) is 18.4 Å². The minimum absolute atomic E-state index is 0.0817. The molecule has 7 heteroatoms.